The van der Waals surface area contributed by atoms with Crippen molar-refractivity contribution in [2.75, 3.05) is 26.8 Å². The molecule has 0 unspecified atom stereocenters. The Bertz CT molecular complexity index is 1030. The number of carbonyl (C=O) groups excluding carboxylic acids is 2. The summed E-state index contributed by atoms with van der Waals surface area (Å²) in [6.45, 7) is 4.25. The van der Waals surface area contributed by atoms with Gasteiger partial charge in [-0.1, -0.05) is 6.92 Å². The molecule has 3 rings (SSSR count). The van der Waals surface area contributed by atoms with Gasteiger partial charge in [0.05, 0.1) is 19.7 Å². The van der Waals surface area contributed by atoms with Crippen LogP contribution in [-0.4, -0.2) is 48.1 Å². The minimum Gasteiger partial charge on any atom is -0.454 e. The number of nitrogens with zero attached hydrogens (tertiary/aromatic N) is 2. The van der Waals surface area contributed by atoms with Gasteiger partial charge in [-0.2, -0.15) is 0 Å². The van der Waals surface area contributed by atoms with E-state index in [4.69, 9.17) is 9.15 Å². The van der Waals surface area contributed by atoms with Crippen LogP contribution in [0, 0.1) is 5.82 Å². The fourth-order valence-corrected chi connectivity index (χ4v) is 3.35. The fourth-order valence-electron chi connectivity index (χ4n) is 3.35. The lowest BCUT2D eigenvalue weighted by atomic mass is 10.2. The molecule has 0 aliphatic carbocycles. The van der Waals surface area contributed by atoms with Gasteiger partial charge in [0.2, 0.25) is 0 Å². The molecule has 0 saturated carbocycles. The number of amides is 2. The Balaban J connectivity index is 1.68. The summed E-state index contributed by atoms with van der Waals surface area (Å²) in [6.07, 6.45) is 2.70. The van der Waals surface area contributed by atoms with E-state index in [0.717, 1.165) is 12.1 Å². The summed E-state index contributed by atoms with van der Waals surface area (Å²) in [5, 5.41) is 2.72. The van der Waals surface area contributed by atoms with Crippen LogP contribution in [0.15, 0.2) is 59.1 Å². The maximum absolute atomic E-state index is 13.2. The van der Waals surface area contributed by atoms with E-state index in [-0.39, 0.29) is 23.4 Å². The number of carbonyl (C=O) groups is 2. The van der Waals surface area contributed by atoms with Gasteiger partial charge in [-0.25, -0.2) is 4.39 Å². The Morgan fingerprint density at radius 3 is 2.66 bits per heavy atom. The van der Waals surface area contributed by atoms with Crippen molar-refractivity contribution in [2.45, 2.75) is 26.4 Å². The van der Waals surface area contributed by atoms with Crippen LogP contribution < -0.4 is 5.32 Å². The first-order valence-electron chi connectivity index (χ1n) is 10.6. The molecular weight excluding hydrogens is 413 g/mol. The number of nitrogens with one attached hydrogen (secondary N) is 1. The first-order valence-corrected chi connectivity index (χ1v) is 10.6. The van der Waals surface area contributed by atoms with Crippen LogP contribution in [0.4, 0.5) is 4.39 Å². The van der Waals surface area contributed by atoms with Gasteiger partial charge in [-0.15, -0.1) is 0 Å². The molecule has 0 aliphatic rings. The summed E-state index contributed by atoms with van der Waals surface area (Å²) < 4.78 is 25.8. The third-order valence-corrected chi connectivity index (χ3v) is 4.95. The Morgan fingerprint density at radius 1 is 1.16 bits per heavy atom. The van der Waals surface area contributed by atoms with Crippen molar-refractivity contribution in [1.82, 2.24) is 14.8 Å². The zero-order valence-electron chi connectivity index (χ0n) is 18.3. The number of halogens is 1. The van der Waals surface area contributed by atoms with Crippen LogP contribution in [0.1, 0.15) is 45.7 Å². The van der Waals surface area contributed by atoms with E-state index in [1.54, 1.807) is 24.1 Å². The third kappa shape index (κ3) is 6.07. The molecule has 32 heavy (non-hydrogen) atoms. The fraction of sp³-hybridized carbons (Fsp3) is 0.333. The van der Waals surface area contributed by atoms with Gasteiger partial charge in [0, 0.05) is 37.7 Å². The van der Waals surface area contributed by atoms with E-state index >= 15 is 0 Å². The highest BCUT2D eigenvalue weighted by Crippen LogP contribution is 2.16. The van der Waals surface area contributed by atoms with Crippen molar-refractivity contribution >= 4 is 11.8 Å². The number of benzene rings is 1. The minimum atomic E-state index is -0.373. The molecule has 0 saturated heterocycles. The molecular formula is C24H28FN3O4. The smallest absolute Gasteiger partial charge is 0.287 e. The molecule has 0 spiro atoms. The molecule has 3 aromatic rings. The van der Waals surface area contributed by atoms with Crippen molar-refractivity contribution in [3.8, 4) is 0 Å². The zero-order chi connectivity index (χ0) is 22.9. The topological polar surface area (TPSA) is 76.7 Å². The van der Waals surface area contributed by atoms with Gasteiger partial charge in [-0.05, 0) is 55.0 Å². The highest BCUT2D eigenvalue weighted by molar-refractivity contribution is 5.94. The lowest BCUT2D eigenvalue weighted by Crippen LogP contribution is -2.32. The minimum absolute atomic E-state index is 0.146. The molecule has 170 valence electrons. The second-order valence-electron chi connectivity index (χ2n) is 7.38. The van der Waals surface area contributed by atoms with E-state index in [9.17, 15) is 14.0 Å². The van der Waals surface area contributed by atoms with E-state index in [0.29, 0.717) is 44.1 Å². The Kier molecular flexibility index (Phi) is 8.21. The first-order chi connectivity index (χ1) is 15.5. The molecule has 0 radical (unpaired) electrons. The molecule has 2 amide bonds. The first kappa shape index (κ1) is 23.3. The van der Waals surface area contributed by atoms with Crippen LogP contribution in [-0.2, 0) is 17.8 Å². The molecule has 1 aromatic carbocycles. The Labute approximate surface area is 186 Å². The monoisotopic (exact) mass is 441 g/mol. The summed E-state index contributed by atoms with van der Waals surface area (Å²) in [5.41, 5.74) is 1.38. The average molecular weight is 442 g/mol. The van der Waals surface area contributed by atoms with Gasteiger partial charge >= 0.3 is 0 Å². The van der Waals surface area contributed by atoms with Crippen molar-refractivity contribution < 1.29 is 23.1 Å². The second kappa shape index (κ2) is 11.3. The summed E-state index contributed by atoms with van der Waals surface area (Å²) in [4.78, 5) is 26.8. The van der Waals surface area contributed by atoms with Gasteiger partial charge in [0.25, 0.3) is 11.8 Å². The predicted molar refractivity (Wildman–Crippen MR) is 118 cm³/mol. The molecule has 0 aliphatic heterocycles. The molecule has 0 atom stereocenters. The summed E-state index contributed by atoms with van der Waals surface area (Å²) in [6, 6.07) is 12.8. The SMILES string of the molecule is CCCN(Cc1cccn1Cc1ccc(C(=O)NCCOC)o1)C(=O)c1ccc(F)cc1. The van der Waals surface area contributed by atoms with Crippen LogP contribution in [0.25, 0.3) is 0 Å². The maximum Gasteiger partial charge on any atom is 0.287 e. The van der Waals surface area contributed by atoms with Crippen LogP contribution in [0.5, 0.6) is 0 Å². The number of hydrogen-bond acceptors (Lipinski definition) is 4. The van der Waals surface area contributed by atoms with Crippen molar-refractivity contribution in [1.29, 1.82) is 0 Å². The third-order valence-electron chi connectivity index (χ3n) is 4.95. The molecule has 0 bridgehead atoms. The maximum atomic E-state index is 13.2. The van der Waals surface area contributed by atoms with E-state index in [2.05, 4.69) is 5.32 Å². The number of rotatable bonds is 11. The normalized spacial score (nSPS) is 10.8. The van der Waals surface area contributed by atoms with Crippen LogP contribution in [0.2, 0.25) is 0 Å². The number of furan rings is 1. The summed E-state index contributed by atoms with van der Waals surface area (Å²) in [7, 11) is 1.57. The van der Waals surface area contributed by atoms with Crippen LogP contribution in [0.3, 0.4) is 0 Å². The van der Waals surface area contributed by atoms with Crippen molar-refractivity contribution in [3.05, 3.63) is 83.3 Å². The van der Waals surface area contributed by atoms with Crippen molar-refractivity contribution in [2.24, 2.45) is 0 Å². The molecule has 1 N–H and O–H groups in total. The zero-order valence-corrected chi connectivity index (χ0v) is 18.3. The Morgan fingerprint density at radius 2 is 1.94 bits per heavy atom. The highest BCUT2D eigenvalue weighted by atomic mass is 19.1. The van der Waals surface area contributed by atoms with E-state index in [1.165, 1.54) is 24.3 Å². The Hall–Kier alpha value is -3.39. The average Bonchev–Trinajstić information content (AvgIpc) is 3.44. The second-order valence-corrected chi connectivity index (χ2v) is 7.38. The van der Waals surface area contributed by atoms with Crippen LogP contribution >= 0.6 is 0 Å². The van der Waals surface area contributed by atoms with Gasteiger partial charge in [-0.3, -0.25) is 9.59 Å². The van der Waals surface area contributed by atoms with E-state index < -0.39 is 0 Å². The quantitative estimate of drug-likeness (QED) is 0.461. The summed E-state index contributed by atoms with van der Waals surface area (Å²) >= 11 is 0. The highest BCUT2D eigenvalue weighted by Gasteiger charge is 2.18. The standard InChI is InChI=1S/C24H28FN3O4/c1-3-13-28(24(30)18-6-8-19(25)9-7-18)16-20-5-4-14-27(20)17-21-10-11-22(32-21)23(29)26-12-15-31-2/h4-11,14H,3,12-13,15-17H2,1-2H3,(H,26,29). The molecule has 8 heteroatoms. The van der Waals surface area contributed by atoms with Gasteiger partial charge < -0.3 is 23.9 Å². The number of methoxy groups -OCH3 is 1. The number of hydrogen-bond donors (Lipinski definition) is 1. The molecule has 2 aromatic heterocycles. The lowest BCUT2D eigenvalue weighted by molar-refractivity contribution is 0.0739. The molecule has 2 heterocycles. The lowest BCUT2D eigenvalue weighted by Gasteiger charge is -2.23. The van der Waals surface area contributed by atoms with Gasteiger partial charge in [0.1, 0.15) is 11.6 Å². The molecule has 0 fully saturated rings. The molecule has 7 nitrogen and oxygen atoms in total. The van der Waals surface area contributed by atoms with Crippen molar-refractivity contribution in [3.63, 3.8) is 0 Å². The number of ether oxygens (including phenoxy) is 1. The predicted octanol–water partition coefficient (Wildman–Crippen LogP) is 3.70. The summed E-state index contributed by atoms with van der Waals surface area (Å²) in [5.74, 6) is 0.0606. The number of aromatic nitrogens is 1. The largest absolute Gasteiger partial charge is 0.454 e. The van der Waals surface area contributed by atoms with E-state index in [1.807, 2.05) is 29.8 Å². The van der Waals surface area contributed by atoms with Gasteiger partial charge in [0.15, 0.2) is 5.76 Å².